The molecule has 2 unspecified atom stereocenters. The number of ether oxygens (including phenoxy) is 1. The molecule has 0 aromatic heterocycles. The molecule has 0 fully saturated rings. The molecule has 34 heavy (non-hydrogen) atoms. The van der Waals surface area contributed by atoms with Gasteiger partial charge in [-0.15, -0.1) is 0 Å². The summed E-state index contributed by atoms with van der Waals surface area (Å²) in [7, 11) is 0. The summed E-state index contributed by atoms with van der Waals surface area (Å²) >= 11 is 1.52. The van der Waals surface area contributed by atoms with Crippen molar-refractivity contribution in [1.29, 1.82) is 0 Å². The average Bonchev–Trinajstić information content (AvgIpc) is 3.14. The molecule has 0 spiro atoms. The van der Waals surface area contributed by atoms with Crippen LogP contribution in [-0.4, -0.2) is 54.3 Å². The maximum Gasteiger partial charge on any atom is 0.407 e. The van der Waals surface area contributed by atoms with Crippen LogP contribution in [0.15, 0.2) is 48.5 Å². The van der Waals surface area contributed by atoms with E-state index in [0.29, 0.717) is 12.2 Å². The van der Waals surface area contributed by atoms with Gasteiger partial charge in [-0.3, -0.25) is 4.79 Å². The Morgan fingerprint density at radius 1 is 1.03 bits per heavy atom. The number of carbonyl (C=O) groups excluding carboxylic acids is 2. The molecule has 3 N–H and O–H groups in total. The molecule has 0 bridgehead atoms. The highest BCUT2D eigenvalue weighted by Crippen LogP contribution is 2.44. The summed E-state index contributed by atoms with van der Waals surface area (Å²) in [6, 6.07) is 15.3. The SMILES string of the molecule is CSCCC(NC(=O)C(CNC(=O)OCC1c2ccccc2-c2ccccc21)C(C)C)C(=O)O. The van der Waals surface area contributed by atoms with E-state index in [0.717, 1.165) is 22.3 Å². The van der Waals surface area contributed by atoms with Crippen molar-refractivity contribution < 1.29 is 24.2 Å². The zero-order valence-electron chi connectivity index (χ0n) is 19.7. The number of hydrogen-bond acceptors (Lipinski definition) is 5. The van der Waals surface area contributed by atoms with E-state index in [1.165, 1.54) is 11.8 Å². The van der Waals surface area contributed by atoms with E-state index in [9.17, 15) is 19.5 Å². The van der Waals surface area contributed by atoms with Crippen LogP contribution in [-0.2, 0) is 14.3 Å². The van der Waals surface area contributed by atoms with Gasteiger partial charge in [0.15, 0.2) is 0 Å². The first-order valence-electron chi connectivity index (χ1n) is 11.4. The Labute approximate surface area is 204 Å². The molecule has 2 aromatic carbocycles. The molecular weight excluding hydrogens is 452 g/mol. The molecule has 0 radical (unpaired) electrons. The number of carboxylic acid groups (broad SMARTS) is 1. The highest BCUT2D eigenvalue weighted by molar-refractivity contribution is 7.98. The Balaban J connectivity index is 1.57. The Kier molecular flexibility index (Phi) is 8.98. The van der Waals surface area contributed by atoms with Gasteiger partial charge in [0.2, 0.25) is 5.91 Å². The third-order valence-electron chi connectivity index (χ3n) is 6.18. The molecule has 8 heteroatoms. The van der Waals surface area contributed by atoms with E-state index >= 15 is 0 Å². The maximum absolute atomic E-state index is 12.7. The summed E-state index contributed by atoms with van der Waals surface area (Å²) in [5.41, 5.74) is 4.55. The fourth-order valence-electron chi connectivity index (χ4n) is 4.25. The van der Waals surface area contributed by atoms with Gasteiger partial charge in [-0.05, 0) is 46.6 Å². The molecule has 0 heterocycles. The van der Waals surface area contributed by atoms with Crippen LogP contribution in [0.5, 0.6) is 0 Å². The number of fused-ring (bicyclic) bond motifs is 3. The number of carbonyl (C=O) groups is 3. The fraction of sp³-hybridized carbons (Fsp3) is 0.423. The molecule has 0 aliphatic heterocycles. The van der Waals surface area contributed by atoms with E-state index in [2.05, 4.69) is 34.9 Å². The van der Waals surface area contributed by atoms with E-state index < -0.39 is 24.0 Å². The maximum atomic E-state index is 12.7. The summed E-state index contributed by atoms with van der Waals surface area (Å²) < 4.78 is 5.54. The van der Waals surface area contributed by atoms with Gasteiger partial charge in [-0.1, -0.05) is 62.4 Å². The van der Waals surface area contributed by atoms with Crippen molar-refractivity contribution in [2.75, 3.05) is 25.2 Å². The van der Waals surface area contributed by atoms with Crippen molar-refractivity contribution in [2.24, 2.45) is 11.8 Å². The summed E-state index contributed by atoms with van der Waals surface area (Å²) in [4.78, 5) is 36.7. The second kappa shape index (κ2) is 11.9. The van der Waals surface area contributed by atoms with Gasteiger partial charge in [0.05, 0.1) is 5.92 Å². The van der Waals surface area contributed by atoms with E-state index in [1.807, 2.05) is 44.4 Å². The minimum absolute atomic E-state index is 0.0462. The van der Waals surface area contributed by atoms with Crippen LogP contribution in [0.2, 0.25) is 0 Å². The standard InChI is InChI=1S/C26H32N2O5S/c1-16(2)21(24(29)28-23(25(30)31)12-13-34-3)14-27-26(32)33-15-22-19-10-6-4-8-17(19)18-9-5-7-11-20(18)22/h4-11,16,21-23H,12-15H2,1-3H3,(H,27,32)(H,28,29)(H,30,31). The largest absolute Gasteiger partial charge is 0.480 e. The first-order chi connectivity index (χ1) is 16.3. The van der Waals surface area contributed by atoms with E-state index in [4.69, 9.17) is 4.74 Å². The normalized spacial score (nSPS) is 14.1. The van der Waals surface area contributed by atoms with Gasteiger partial charge in [0, 0.05) is 12.5 Å². The van der Waals surface area contributed by atoms with Gasteiger partial charge in [-0.2, -0.15) is 11.8 Å². The number of amides is 2. The van der Waals surface area contributed by atoms with Gasteiger partial charge in [0.1, 0.15) is 12.6 Å². The average molecular weight is 485 g/mol. The Bertz CT molecular complexity index is 980. The summed E-state index contributed by atoms with van der Waals surface area (Å²) in [5.74, 6) is -1.53. The topological polar surface area (TPSA) is 105 Å². The number of benzene rings is 2. The van der Waals surface area contributed by atoms with Gasteiger partial charge in [-0.25, -0.2) is 9.59 Å². The van der Waals surface area contributed by atoms with Crippen molar-refractivity contribution >= 4 is 29.7 Å². The van der Waals surface area contributed by atoms with Crippen LogP contribution in [0.4, 0.5) is 4.79 Å². The molecule has 1 aliphatic rings. The number of thioether (sulfide) groups is 1. The molecule has 2 aromatic rings. The van der Waals surface area contributed by atoms with Crippen molar-refractivity contribution in [3.8, 4) is 11.1 Å². The van der Waals surface area contributed by atoms with Crippen molar-refractivity contribution in [3.63, 3.8) is 0 Å². The second-order valence-corrected chi connectivity index (χ2v) is 9.72. The zero-order valence-corrected chi connectivity index (χ0v) is 20.6. The first-order valence-corrected chi connectivity index (χ1v) is 12.8. The lowest BCUT2D eigenvalue weighted by Gasteiger charge is -2.23. The highest BCUT2D eigenvalue weighted by Gasteiger charge is 2.30. The third kappa shape index (κ3) is 6.11. The second-order valence-electron chi connectivity index (χ2n) is 8.74. The number of carboxylic acids is 1. The van der Waals surface area contributed by atoms with Crippen LogP contribution in [0.1, 0.15) is 37.3 Å². The first kappa shape index (κ1) is 25.6. The predicted octanol–water partition coefficient (Wildman–Crippen LogP) is 4.12. The highest BCUT2D eigenvalue weighted by atomic mass is 32.2. The Morgan fingerprint density at radius 2 is 1.62 bits per heavy atom. The van der Waals surface area contributed by atoms with Crippen LogP contribution in [0.25, 0.3) is 11.1 Å². The zero-order chi connectivity index (χ0) is 24.7. The van der Waals surface area contributed by atoms with E-state index in [1.54, 1.807) is 0 Å². The van der Waals surface area contributed by atoms with Gasteiger partial charge in [0.25, 0.3) is 0 Å². The smallest absolute Gasteiger partial charge is 0.407 e. The van der Waals surface area contributed by atoms with E-state index in [-0.39, 0.29) is 30.9 Å². The quantitative estimate of drug-likeness (QED) is 0.443. The van der Waals surface area contributed by atoms with Crippen LogP contribution >= 0.6 is 11.8 Å². The minimum atomic E-state index is -1.06. The number of rotatable bonds is 11. The third-order valence-corrected chi connectivity index (χ3v) is 6.82. The molecule has 2 atom stereocenters. The lowest BCUT2D eigenvalue weighted by Crippen LogP contribution is -2.48. The van der Waals surface area contributed by atoms with Crippen molar-refractivity contribution in [1.82, 2.24) is 10.6 Å². The van der Waals surface area contributed by atoms with Crippen molar-refractivity contribution in [2.45, 2.75) is 32.2 Å². The lowest BCUT2D eigenvalue weighted by atomic mass is 9.94. The number of aliphatic carboxylic acids is 1. The predicted molar refractivity (Wildman–Crippen MR) is 134 cm³/mol. The molecule has 2 amide bonds. The lowest BCUT2D eigenvalue weighted by molar-refractivity contribution is -0.142. The number of hydrogen-bond donors (Lipinski definition) is 3. The molecular formula is C26H32N2O5S. The van der Waals surface area contributed by atoms with Crippen molar-refractivity contribution in [3.05, 3.63) is 59.7 Å². The Hall–Kier alpha value is -3.00. The molecule has 1 aliphatic carbocycles. The summed E-state index contributed by atoms with van der Waals surface area (Å²) in [6.07, 6.45) is 1.63. The molecule has 7 nitrogen and oxygen atoms in total. The van der Waals surface area contributed by atoms with Gasteiger partial charge < -0.3 is 20.5 Å². The fourth-order valence-corrected chi connectivity index (χ4v) is 4.72. The molecule has 0 saturated carbocycles. The summed E-state index contributed by atoms with van der Waals surface area (Å²) in [6.45, 7) is 3.98. The number of nitrogens with one attached hydrogen (secondary N) is 2. The van der Waals surface area contributed by atoms with Gasteiger partial charge >= 0.3 is 12.1 Å². The summed E-state index contributed by atoms with van der Waals surface area (Å²) in [5, 5.41) is 14.7. The van der Waals surface area contributed by atoms with Crippen LogP contribution < -0.4 is 10.6 Å². The van der Waals surface area contributed by atoms with Crippen LogP contribution in [0.3, 0.4) is 0 Å². The Morgan fingerprint density at radius 3 is 2.15 bits per heavy atom. The molecule has 182 valence electrons. The molecule has 0 saturated heterocycles. The minimum Gasteiger partial charge on any atom is -0.480 e. The molecule has 3 rings (SSSR count). The van der Waals surface area contributed by atoms with Crippen LogP contribution in [0, 0.1) is 11.8 Å². The monoisotopic (exact) mass is 484 g/mol. The number of alkyl carbamates (subject to hydrolysis) is 1.